The van der Waals surface area contributed by atoms with Crippen LogP contribution in [0.25, 0.3) is 11.4 Å². The van der Waals surface area contributed by atoms with Gasteiger partial charge in [0.2, 0.25) is 0 Å². The van der Waals surface area contributed by atoms with E-state index in [1.165, 1.54) is 6.33 Å². The summed E-state index contributed by atoms with van der Waals surface area (Å²) in [5.41, 5.74) is 3.97. The molecule has 2 N–H and O–H groups in total. The predicted molar refractivity (Wildman–Crippen MR) is 101 cm³/mol. The van der Waals surface area contributed by atoms with Gasteiger partial charge in [0.25, 0.3) is 5.91 Å². The standard InChI is InChI=1S/C20H17N7O/c28-20(14-6-2-1-5-13(14)19-24-12-25-26-19)27-10-8-15-17(23-11-22-15)18(27)16-7-3-4-9-21-16/h1-7,9,11-12,18H,8,10H2,(H,22,23)(H,24,25,26)/t18-/m0/s1. The van der Waals surface area contributed by atoms with E-state index in [-0.39, 0.29) is 11.9 Å². The molecule has 138 valence electrons. The van der Waals surface area contributed by atoms with Gasteiger partial charge in [-0.25, -0.2) is 9.97 Å². The molecule has 8 nitrogen and oxygen atoms in total. The van der Waals surface area contributed by atoms with E-state index in [0.29, 0.717) is 17.9 Å². The van der Waals surface area contributed by atoms with Crippen LogP contribution < -0.4 is 0 Å². The van der Waals surface area contributed by atoms with Crippen molar-refractivity contribution in [3.05, 3.63) is 84.0 Å². The molecule has 4 heterocycles. The molecule has 0 aliphatic carbocycles. The second-order valence-corrected chi connectivity index (χ2v) is 6.55. The Morgan fingerprint density at radius 3 is 2.79 bits per heavy atom. The van der Waals surface area contributed by atoms with Gasteiger partial charge in [0.05, 0.1) is 23.3 Å². The molecule has 0 spiro atoms. The van der Waals surface area contributed by atoms with Gasteiger partial charge in [-0.15, -0.1) is 0 Å². The Hall–Kier alpha value is -3.81. The van der Waals surface area contributed by atoms with Crippen molar-refractivity contribution in [1.29, 1.82) is 0 Å². The number of hydrogen-bond acceptors (Lipinski definition) is 5. The quantitative estimate of drug-likeness (QED) is 0.575. The second kappa shape index (κ2) is 6.73. The summed E-state index contributed by atoms with van der Waals surface area (Å²) in [6.07, 6.45) is 5.57. The zero-order valence-corrected chi connectivity index (χ0v) is 14.9. The highest BCUT2D eigenvalue weighted by Gasteiger charge is 2.36. The Balaban J connectivity index is 1.60. The zero-order valence-electron chi connectivity index (χ0n) is 14.9. The Labute approximate surface area is 160 Å². The van der Waals surface area contributed by atoms with Gasteiger partial charge < -0.3 is 9.88 Å². The van der Waals surface area contributed by atoms with Crippen molar-refractivity contribution in [3.8, 4) is 11.4 Å². The number of aromatic nitrogens is 6. The summed E-state index contributed by atoms with van der Waals surface area (Å²) in [6.45, 7) is 0.569. The van der Waals surface area contributed by atoms with Gasteiger partial charge in [-0.3, -0.25) is 14.9 Å². The van der Waals surface area contributed by atoms with Crippen LogP contribution in [0.3, 0.4) is 0 Å². The maximum Gasteiger partial charge on any atom is 0.255 e. The summed E-state index contributed by atoms with van der Waals surface area (Å²) in [7, 11) is 0. The highest BCUT2D eigenvalue weighted by molar-refractivity contribution is 6.00. The molecule has 5 rings (SSSR count). The summed E-state index contributed by atoms with van der Waals surface area (Å²) in [6, 6.07) is 12.8. The number of aromatic amines is 2. The number of nitrogens with zero attached hydrogens (tertiary/aromatic N) is 5. The monoisotopic (exact) mass is 371 g/mol. The van der Waals surface area contributed by atoms with Crippen molar-refractivity contribution in [1.82, 2.24) is 35.0 Å². The summed E-state index contributed by atoms with van der Waals surface area (Å²) < 4.78 is 0. The molecule has 1 atom stereocenters. The van der Waals surface area contributed by atoms with Crippen LogP contribution in [-0.2, 0) is 6.42 Å². The minimum absolute atomic E-state index is 0.0868. The van der Waals surface area contributed by atoms with Crippen LogP contribution in [0.5, 0.6) is 0 Å². The van der Waals surface area contributed by atoms with E-state index in [1.54, 1.807) is 12.5 Å². The summed E-state index contributed by atoms with van der Waals surface area (Å²) >= 11 is 0. The fraction of sp³-hybridized carbons (Fsp3) is 0.150. The summed E-state index contributed by atoms with van der Waals surface area (Å²) in [5, 5.41) is 6.76. The molecule has 1 aliphatic rings. The first kappa shape index (κ1) is 16.4. The number of H-pyrrole nitrogens is 2. The minimum atomic E-state index is -0.341. The van der Waals surface area contributed by atoms with E-state index in [2.05, 4.69) is 30.1 Å². The zero-order chi connectivity index (χ0) is 18.9. The van der Waals surface area contributed by atoms with E-state index in [1.807, 2.05) is 47.4 Å². The lowest BCUT2D eigenvalue weighted by molar-refractivity contribution is 0.0688. The molecule has 0 fully saturated rings. The molecule has 8 heteroatoms. The summed E-state index contributed by atoms with van der Waals surface area (Å²) in [4.78, 5) is 31.9. The van der Waals surface area contributed by atoms with Crippen LogP contribution >= 0.6 is 0 Å². The van der Waals surface area contributed by atoms with Gasteiger partial charge in [-0.2, -0.15) is 5.10 Å². The predicted octanol–water partition coefficient (Wildman–Crippen LogP) is 2.38. The van der Waals surface area contributed by atoms with E-state index in [0.717, 1.165) is 29.1 Å². The molecule has 0 bridgehead atoms. The Morgan fingerprint density at radius 2 is 1.96 bits per heavy atom. The SMILES string of the molecule is O=C(c1ccccc1-c1ncn[nH]1)N1CCc2[nH]cnc2[C@@H]1c1ccccn1. The number of rotatable bonds is 3. The van der Waals surface area contributed by atoms with Crippen molar-refractivity contribution in [2.45, 2.75) is 12.5 Å². The van der Waals surface area contributed by atoms with Crippen molar-refractivity contribution < 1.29 is 4.79 Å². The lowest BCUT2D eigenvalue weighted by atomic mass is 9.97. The van der Waals surface area contributed by atoms with E-state index < -0.39 is 0 Å². The van der Waals surface area contributed by atoms with E-state index in [4.69, 9.17) is 0 Å². The number of hydrogen-bond donors (Lipinski definition) is 2. The smallest absolute Gasteiger partial charge is 0.255 e. The molecule has 1 amide bonds. The highest BCUT2D eigenvalue weighted by Crippen LogP contribution is 2.34. The average Bonchev–Trinajstić information content (AvgIpc) is 3.45. The van der Waals surface area contributed by atoms with Crippen LogP contribution in [0.15, 0.2) is 61.3 Å². The third-order valence-electron chi connectivity index (χ3n) is 4.98. The van der Waals surface area contributed by atoms with Gasteiger partial charge in [-0.05, 0) is 18.2 Å². The largest absolute Gasteiger partial charge is 0.348 e. The molecule has 1 aromatic carbocycles. The Bertz CT molecular complexity index is 1100. The third-order valence-corrected chi connectivity index (χ3v) is 4.98. The maximum atomic E-state index is 13.6. The van der Waals surface area contributed by atoms with Crippen LogP contribution in [0.1, 0.15) is 33.5 Å². The molecule has 0 radical (unpaired) electrons. The Morgan fingerprint density at radius 1 is 1.07 bits per heavy atom. The molecular weight excluding hydrogens is 354 g/mol. The maximum absolute atomic E-state index is 13.6. The van der Waals surface area contributed by atoms with Crippen molar-refractivity contribution in [2.75, 3.05) is 6.54 Å². The number of carbonyl (C=O) groups is 1. The van der Waals surface area contributed by atoms with Crippen molar-refractivity contribution >= 4 is 5.91 Å². The normalized spacial score (nSPS) is 16.0. The second-order valence-electron chi connectivity index (χ2n) is 6.55. The fourth-order valence-corrected chi connectivity index (χ4v) is 3.70. The first-order chi connectivity index (χ1) is 13.8. The van der Waals surface area contributed by atoms with E-state index >= 15 is 0 Å². The summed E-state index contributed by atoms with van der Waals surface area (Å²) in [5.74, 6) is 0.479. The molecule has 0 saturated heterocycles. The molecular formula is C20H17N7O. The van der Waals surface area contributed by atoms with Crippen LogP contribution in [0, 0.1) is 0 Å². The number of carbonyl (C=O) groups excluding carboxylic acids is 1. The Kier molecular flexibility index (Phi) is 3.93. The number of nitrogens with one attached hydrogen (secondary N) is 2. The number of pyridine rings is 1. The van der Waals surface area contributed by atoms with Crippen LogP contribution in [-0.4, -0.2) is 47.5 Å². The fourth-order valence-electron chi connectivity index (χ4n) is 3.70. The van der Waals surface area contributed by atoms with Gasteiger partial charge in [0.15, 0.2) is 5.82 Å². The van der Waals surface area contributed by atoms with Crippen LogP contribution in [0.4, 0.5) is 0 Å². The molecule has 3 aromatic heterocycles. The first-order valence-corrected chi connectivity index (χ1v) is 9.01. The van der Waals surface area contributed by atoms with Gasteiger partial charge in [-0.1, -0.05) is 24.3 Å². The minimum Gasteiger partial charge on any atom is -0.348 e. The number of imidazole rings is 1. The van der Waals surface area contributed by atoms with Gasteiger partial charge in [0.1, 0.15) is 12.4 Å². The molecule has 4 aromatic rings. The topological polar surface area (TPSA) is 103 Å². The van der Waals surface area contributed by atoms with Gasteiger partial charge >= 0.3 is 0 Å². The first-order valence-electron chi connectivity index (χ1n) is 9.01. The van der Waals surface area contributed by atoms with Crippen LogP contribution in [0.2, 0.25) is 0 Å². The lowest BCUT2D eigenvalue weighted by Crippen LogP contribution is -2.41. The third kappa shape index (κ3) is 2.66. The van der Waals surface area contributed by atoms with E-state index in [9.17, 15) is 4.79 Å². The van der Waals surface area contributed by atoms with Crippen molar-refractivity contribution in [3.63, 3.8) is 0 Å². The number of benzene rings is 1. The lowest BCUT2D eigenvalue weighted by Gasteiger charge is -2.35. The van der Waals surface area contributed by atoms with Gasteiger partial charge in [0, 0.05) is 30.4 Å². The average molecular weight is 371 g/mol. The molecule has 0 saturated carbocycles. The van der Waals surface area contributed by atoms with Crippen molar-refractivity contribution in [2.24, 2.45) is 0 Å². The number of fused-ring (bicyclic) bond motifs is 1. The number of amides is 1. The molecule has 1 aliphatic heterocycles. The molecule has 28 heavy (non-hydrogen) atoms. The highest BCUT2D eigenvalue weighted by atomic mass is 16.2. The molecule has 0 unspecified atom stereocenters.